The number of hydrogen-bond acceptors (Lipinski definition) is 2. The topological polar surface area (TPSA) is 60.9 Å². The minimum Gasteiger partial charge on any atom is -0.481 e. The van der Waals surface area contributed by atoms with E-state index in [-0.39, 0.29) is 18.0 Å². The number of carboxylic acid groups (broad SMARTS) is 1. The van der Waals surface area contributed by atoms with Crippen molar-refractivity contribution in [2.75, 3.05) is 13.1 Å². The highest BCUT2D eigenvalue weighted by Crippen LogP contribution is 2.26. The lowest BCUT2D eigenvalue weighted by Crippen LogP contribution is -2.54. The molecule has 108 valence electrons. The van der Waals surface area contributed by atoms with E-state index in [1.54, 1.807) is 0 Å². The molecule has 5 nitrogen and oxygen atoms in total. The second-order valence-corrected chi connectivity index (χ2v) is 5.92. The quantitative estimate of drug-likeness (QED) is 0.792. The zero-order chi connectivity index (χ0) is 14.0. The first-order valence-corrected chi connectivity index (χ1v) is 7.30. The van der Waals surface area contributed by atoms with E-state index in [4.69, 9.17) is 5.11 Å². The van der Waals surface area contributed by atoms with Gasteiger partial charge in [0.2, 0.25) is 0 Å². The first-order chi connectivity index (χ1) is 9.00. The Morgan fingerprint density at radius 3 is 2.26 bits per heavy atom. The molecule has 2 fully saturated rings. The Labute approximate surface area is 114 Å². The molecule has 3 unspecified atom stereocenters. The second-order valence-electron chi connectivity index (χ2n) is 5.92. The van der Waals surface area contributed by atoms with Crippen LogP contribution in [-0.4, -0.2) is 52.1 Å². The minimum atomic E-state index is -0.731. The third kappa shape index (κ3) is 3.01. The molecule has 0 aliphatic carbocycles. The smallest absolute Gasteiger partial charge is 0.320 e. The van der Waals surface area contributed by atoms with E-state index in [1.165, 1.54) is 6.42 Å². The number of aliphatic carboxylic acids is 1. The van der Waals surface area contributed by atoms with Gasteiger partial charge in [-0.2, -0.15) is 0 Å². The summed E-state index contributed by atoms with van der Waals surface area (Å²) in [6, 6.07) is 0.436. The van der Waals surface area contributed by atoms with Crippen LogP contribution in [0, 0.1) is 5.92 Å². The highest BCUT2D eigenvalue weighted by molar-refractivity contribution is 5.76. The average molecular weight is 268 g/mol. The van der Waals surface area contributed by atoms with Gasteiger partial charge in [-0.25, -0.2) is 4.79 Å². The molecular formula is C14H24N2O3. The van der Waals surface area contributed by atoms with Gasteiger partial charge in [0.15, 0.2) is 0 Å². The number of nitrogens with zero attached hydrogens (tertiary/aromatic N) is 2. The van der Waals surface area contributed by atoms with Crippen molar-refractivity contribution in [1.29, 1.82) is 0 Å². The van der Waals surface area contributed by atoms with E-state index in [0.29, 0.717) is 25.4 Å². The van der Waals surface area contributed by atoms with Gasteiger partial charge >= 0.3 is 12.0 Å². The number of amides is 2. The van der Waals surface area contributed by atoms with E-state index < -0.39 is 5.97 Å². The summed E-state index contributed by atoms with van der Waals surface area (Å²) in [5.74, 6) is -1.02. The SMILES string of the molecule is CC1CCCCN1C(=O)N1CCC(C(=O)O)CC1C. The summed E-state index contributed by atoms with van der Waals surface area (Å²) >= 11 is 0. The van der Waals surface area contributed by atoms with Gasteiger partial charge in [-0.15, -0.1) is 0 Å². The van der Waals surface area contributed by atoms with Crippen LogP contribution in [0.1, 0.15) is 46.0 Å². The Balaban J connectivity index is 1.98. The standard InChI is InChI=1S/C14H24N2O3/c1-10-5-3-4-7-15(10)14(19)16-8-6-12(13(17)18)9-11(16)2/h10-12H,3-9H2,1-2H3,(H,17,18). The maximum atomic E-state index is 12.6. The van der Waals surface area contributed by atoms with Crippen molar-refractivity contribution in [3.8, 4) is 0 Å². The summed E-state index contributed by atoms with van der Waals surface area (Å²) in [5, 5.41) is 9.06. The van der Waals surface area contributed by atoms with Crippen molar-refractivity contribution in [2.24, 2.45) is 5.92 Å². The number of urea groups is 1. The van der Waals surface area contributed by atoms with Gasteiger partial charge in [0, 0.05) is 25.2 Å². The molecule has 2 amide bonds. The van der Waals surface area contributed by atoms with E-state index in [9.17, 15) is 9.59 Å². The average Bonchev–Trinajstić information content (AvgIpc) is 2.38. The third-order valence-corrected chi connectivity index (χ3v) is 4.52. The van der Waals surface area contributed by atoms with Crippen LogP contribution in [-0.2, 0) is 4.79 Å². The molecule has 2 saturated heterocycles. The van der Waals surface area contributed by atoms with E-state index >= 15 is 0 Å². The van der Waals surface area contributed by atoms with Crippen LogP contribution in [0.3, 0.4) is 0 Å². The highest BCUT2D eigenvalue weighted by atomic mass is 16.4. The van der Waals surface area contributed by atoms with Gasteiger partial charge in [0.05, 0.1) is 5.92 Å². The molecule has 2 heterocycles. The molecule has 0 aromatic heterocycles. The lowest BCUT2D eigenvalue weighted by atomic mass is 9.92. The molecular weight excluding hydrogens is 244 g/mol. The molecule has 0 bridgehead atoms. The van der Waals surface area contributed by atoms with Crippen LogP contribution in [0.2, 0.25) is 0 Å². The number of piperidine rings is 2. The normalized spacial score (nSPS) is 32.2. The largest absolute Gasteiger partial charge is 0.481 e. The van der Waals surface area contributed by atoms with Crippen LogP contribution < -0.4 is 0 Å². The molecule has 0 aromatic rings. The third-order valence-electron chi connectivity index (χ3n) is 4.52. The fraction of sp³-hybridized carbons (Fsp3) is 0.857. The Kier molecular flexibility index (Phi) is 4.32. The van der Waals surface area contributed by atoms with Gasteiger partial charge in [0.1, 0.15) is 0 Å². The van der Waals surface area contributed by atoms with Crippen LogP contribution in [0.25, 0.3) is 0 Å². The number of likely N-dealkylation sites (tertiary alicyclic amines) is 2. The fourth-order valence-electron chi connectivity index (χ4n) is 3.23. The molecule has 19 heavy (non-hydrogen) atoms. The molecule has 2 aliphatic rings. The Bertz CT molecular complexity index is 359. The first kappa shape index (κ1) is 14.2. The lowest BCUT2D eigenvalue weighted by Gasteiger charge is -2.42. The lowest BCUT2D eigenvalue weighted by molar-refractivity contribution is -0.143. The molecule has 5 heteroatoms. The minimum absolute atomic E-state index is 0.0245. The molecule has 3 atom stereocenters. The Morgan fingerprint density at radius 1 is 1.00 bits per heavy atom. The zero-order valence-electron chi connectivity index (χ0n) is 11.8. The van der Waals surface area contributed by atoms with Crippen molar-refractivity contribution < 1.29 is 14.7 Å². The molecule has 0 radical (unpaired) electrons. The number of carbonyl (C=O) groups is 2. The second kappa shape index (κ2) is 5.80. The molecule has 0 aromatic carbocycles. The number of carbonyl (C=O) groups excluding carboxylic acids is 1. The van der Waals surface area contributed by atoms with Gasteiger partial charge in [-0.3, -0.25) is 4.79 Å². The van der Waals surface area contributed by atoms with Crippen molar-refractivity contribution in [1.82, 2.24) is 9.80 Å². The number of carboxylic acids is 1. The van der Waals surface area contributed by atoms with Crippen molar-refractivity contribution >= 4 is 12.0 Å². The molecule has 1 N–H and O–H groups in total. The molecule has 2 rings (SSSR count). The van der Waals surface area contributed by atoms with Crippen LogP contribution >= 0.6 is 0 Å². The maximum Gasteiger partial charge on any atom is 0.320 e. The fourth-order valence-corrected chi connectivity index (χ4v) is 3.23. The zero-order valence-corrected chi connectivity index (χ0v) is 11.8. The van der Waals surface area contributed by atoms with Crippen molar-refractivity contribution in [2.45, 2.75) is 58.0 Å². The van der Waals surface area contributed by atoms with Crippen LogP contribution in [0.4, 0.5) is 4.79 Å². The predicted octanol–water partition coefficient (Wildman–Crippen LogP) is 2.17. The molecule has 0 saturated carbocycles. The first-order valence-electron chi connectivity index (χ1n) is 7.30. The summed E-state index contributed by atoms with van der Waals surface area (Å²) < 4.78 is 0. The van der Waals surface area contributed by atoms with E-state index in [2.05, 4.69) is 6.92 Å². The summed E-state index contributed by atoms with van der Waals surface area (Å²) in [7, 11) is 0. The van der Waals surface area contributed by atoms with Crippen molar-refractivity contribution in [3.63, 3.8) is 0 Å². The Hall–Kier alpha value is -1.26. The number of hydrogen-bond donors (Lipinski definition) is 1. The summed E-state index contributed by atoms with van der Waals surface area (Å²) in [6.07, 6.45) is 4.50. The van der Waals surface area contributed by atoms with Gasteiger partial charge in [-0.05, 0) is 46.0 Å². The summed E-state index contributed by atoms with van der Waals surface area (Å²) in [4.78, 5) is 27.4. The maximum absolute atomic E-state index is 12.6. The highest BCUT2D eigenvalue weighted by Gasteiger charge is 2.35. The molecule has 0 spiro atoms. The predicted molar refractivity (Wildman–Crippen MR) is 71.9 cm³/mol. The van der Waals surface area contributed by atoms with E-state index in [0.717, 1.165) is 19.4 Å². The van der Waals surface area contributed by atoms with Crippen molar-refractivity contribution in [3.05, 3.63) is 0 Å². The Morgan fingerprint density at radius 2 is 1.68 bits per heavy atom. The van der Waals surface area contributed by atoms with Gasteiger partial charge < -0.3 is 14.9 Å². The van der Waals surface area contributed by atoms with Crippen LogP contribution in [0.15, 0.2) is 0 Å². The van der Waals surface area contributed by atoms with Crippen LogP contribution in [0.5, 0.6) is 0 Å². The van der Waals surface area contributed by atoms with E-state index in [1.807, 2.05) is 16.7 Å². The number of rotatable bonds is 1. The molecule has 2 aliphatic heterocycles. The summed E-state index contributed by atoms with van der Waals surface area (Å²) in [5.41, 5.74) is 0. The summed E-state index contributed by atoms with van der Waals surface area (Å²) in [6.45, 7) is 5.47. The van der Waals surface area contributed by atoms with Gasteiger partial charge in [0.25, 0.3) is 0 Å². The monoisotopic (exact) mass is 268 g/mol. The van der Waals surface area contributed by atoms with Gasteiger partial charge in [-0.1, -0.05) is 0 Å².